The van der Waals surface area contributed by atoms with Crippen LogP contribution in [-0.4, -0.2) is 30.2 Å². The maximum atomic E-state index is 12.5. The van der Waals surface area contributed by atoms with Crippen molar-refractivity contribution in [2.45, 2.75) is 12.8 Å². The maximum Gasteiger partial charge on any atom is 0.340 e. The highest BCUT2D eigenvalue weighted by Crippen LogP contribution is 2.40. The Hall–Kier alpha value is -2.74. The summed E-state index contributed by atoms with van der Waals surface area (Å²) in [5, 5.41) is 12.6. The van der Waals surface area contributed by atoms with Crippen molar-refractivity contribution < 1.29 is 28.7 Å². The van der Waals surface area contributed by atoms with Crippen molar-refractivity contribution in [1.29, 1.82) is 0 Å². The lowest BCUT2D eigenvalue weighted by Gasteiger charge is -2.13. The number of phenolic OH excluding ortho intramolecular Hbond substituents is 1. The van der Waals surface area contributed by atoms with Crippen molar-refractivity contribution in [3.05, 3.63) is 86.3 Å². The lowest BCUT2D eigenvalue weighted by Crippen LogP contribution is -2.30. The molecule has 0 aromatic heterocycles. The first-order valence-corrected chi connectivity index (χ1v) is 13.6. The molecule has 0 bridgehead atoms. The van der Waals surface area contributed by atoms with Crippen LogP contribution in [0.4, 0.5) is 0 Å². The third kappa shape index (κ3) is 7.38. The number of halogens is 2. The van der Waals surface area contributed by atoms with Crippen molar-refractivity contribution in [3.8, 4) is 17.2 Å². The predicted octanol–water partition coefficient (Wildman–Crippen LogP) is 6.14. The van der Waals surface area contributed by atoms with Gasteiger partial charge in [-0.25, -0.2) is 0 Å². The van der Waals surface area contributed by atoms with E-state index in [1.807, 2.05) is 42.5 Å². The third-order valence-electron chi connectivity index (χ3n) is 4.53. The molecular weight excluding hydrogens is 589 g/mol. The Kier molecular flexibility index (Phi) is 9.21. The van der Waals surface area contributed by atoms with Crippen LogP contribution in [0, 0.1) is 0 Å². The molecule has 176 valence electrons. The van der Waals surface area contributed by atoms with E-state index in [-0.39, 0.29) is 24.5 Å². The number of esters is 1. The molecule has 34 heavy (non-hydrogen) atoms. The van der Waals surface area contributed by atoms with Gasteiger partial charge in [0.1, 0.15) is 31.3 Å². The third-order valence-corrected chi connectivity index (χ3v) is 6.52. The van der Waals surface area contributed by atoms with E-state index in [0.717, 1.165) is 11.1 Å². The van der Waals surface area contributed by atoms with Gasteiger partial charge in [0.15, 0.2) is 11.9 Å². The first kappa shape index (κ1) is 25.9. The molecule has 10 heteroatoms. The fraction of sp³-hybridized carbons (Fsp3) is 0.167. The standard InChI is InChI=1S/C24H20Br2NO6P/c1-34(31)14-16-9-19(25)23(20(26)10-16)33-17-7-8-21(28)18(11-17)24(30)27-12-22(29)32-13-15-5-3-2-4-6-15/h2-11H,12-14H2,1H3,(H-,27,28,30)/p+1. The predicted molar refractivity (Wildman–Crippen MR) is 136 cm³/mol. The number of ether oxygens (including phenoxy) is 2. The van der Waals surface area contributed by atoms with Gasteiger partial charge in [-0.15, -0.1) is 0 Å². The van der Waals surface area contributed by atoms with Crippen molar-refractivity contribution in [2.24, 2.45) is 0 Å². The molecule has 0 aliphatic carbocycles. The van der Waals surface area contributed by atoms with Crippen LogP contribution >= 0.6 is 39.7 Å². The number of rotatable bonds is 9. The lowest BCUT2D eigenvalue weighted by atomic mass is 10.1. The van der Waals surface area contributed by atoms with Gasteiger partial charge in [-0.3, -0.25) is 9.59 Å². The van der Waals surface area contributed by atoms with E-state index in [1.54, 1.807) is 6.66 Å². The van der Waals surface area contributed by atoms with Crippen LogP contribution in [0.25, 0.3) is 0 Å². The van der Waals surface area contributed by atoms with E-state index in [4.69, 9.17) is 9.47 Å². The fourth-order valence-corrected chi connectivity index (χ4v) is 5.11. The van der Waals surface area contributed by atoms with Crippen molar-refractivity contribution in [2.75, 3.05) is 13.2 Å². The van der Waals surface area contributed by atoms with Gasteiger partial charge in [-0.05, 0) is 67.8 Å². The summed E-state index contributed by atoms with van der Waals surface area (Å²) in [6, 6.07) is 17.0. The topological polar surface area (TPSA) is 102 Å². The van der Waals surface area contributed by atoms with Gasteiger partial charge in [0.25, 0.3) is 5.91 Å². The summed E-state index contributed by atoms with van der Waals surface area (Å²) >= 11 is 6.90. The minimum Gasteiger partial charge on any atom is -0.507 e. The largest absolute Gasteiger partial charge is 0.507 e. The Bertz CT molecular complexity index is 1200. The molecule has 0 spiro atoms. The minimum absolute atomic E-state index is 0.0554. The summed E-state index contributed by atoms with van der Waals surface area (Å²) in [6.45, 7) is 1.41. The highest BCUT2D eigenvalue weighted by atomic mass is 79.9. The van der Waals surface area contributed by atoms with Gasteiger partial charge in [0.05, 0.1) is 14.5 Å². The molecule has 1 atom stereocenters. The van der Waals surface area contributed by atoms with Crippen LogP contribution in [0.3, 0.4) is 0 Å². The molecule has 0 fully saturated rings. The number of amides is 1. The second-order valence-electron chi connectivity index (χ2n) is 7.28. The van der Waals surface area contributed by atoms with Crippen molar-refractivity contribution >= 4 is 51.5 Å². The number of phenols is 1. The molecule has 0 saturated heterocycles. The Morgan fingerprint density at radius 3 is 2.32 bits per heavy atom. The molecule has 1 unspecified atom stereocenters. The van der Waals surface area contributed by atoms with Crippen LogP contribution in [0.15, 0.2) is 69.6 Å². The molecule has 0 aliphatic rings. The zero-order chi connectivity index (χ0) is 24.7. The molecule has 2 N–H and O–H groups in total. The number of carbonyl (C=O) groups is 2. The minimum atomic E-state index is -1.34. The molecule has 0 heterocycles. The number of nitrogens with one attached hydrogen (secondary N) is 1. The monoisotopic (exact) mass is 608 g/mol. The van der Waals surface area contributed by atoms with Crippen molar-refractivity contribution in [3.63, 3.8) is 0 Å². The van der Waals surface area contributed by atoms with Crippen LogP contribution in [0.5, 0.6) is 17.2 Å². The van der Waals surface area contributed by atoms with Gasteiger partial charge in [-0.2, -0.15) is 0 Å². The highest BCUT2D eigenvalue weighted by Gasteiger charge is 2.18. The maximum absolute atomic E-state index is 12.5. The number of carbonyl (C=O) groups excluding carboxylic acids is 2. The van der Waals surface area contributed by atoms with Gasteiger partial charge in [0, 0.05) is 5.56 Å². The van der Waals surface area contributed by atoms with E-state index in [1.165, 1.54) is 18.2 Å². The molecule has 1 amide bonds. The van der Waals surface area contributed by atoms with E-state index in [9.17, 15) is 19.3 Å². The fourth-order valence-electron chi connectivity index (χ4n) is 2.97. The summed E-state index contributed by atoms with van der Waals surface area (Å²) < 4.78 is 23.9. The first-order chi connectivity index (χ1) is 16.2. The summed E-state index contributed by atoms with van der Waals surface area (Å²) in [7, 11) is -1.34. The van der Waals surface area contributed by atoms with E-state index < -0.39 is 19.7 Å². The van der Waals surface area contributed by atoms with Gasteiger partial charge in [-0.1, -0.05) is 34.9 Å². The molecule has 3 aromatic carbocycles. The lowest BCUT2D eigenvalue weighted by molar-refractivity contribution is -0.143. The van der Waals surface area contributed by atoms with E-state index in [0.29, 0.717) is 26.6 Å². The molecule has 3 rings (SSSR count). The Balaban J connectivity index is 1.64. The molecule has 3 aromatic rings. The quantitative estimate of drug-likeness (QED) is 0.223. The zero-order valence-corrected chi connectivity index (χ0v) is 22.2. The number of aromatic hydroxyl groups is 1. The Morgan fingerprint density at radius 1 is 1.00 bits per heavy atom. The molecular formula is C24H21Br2NO6P+. The van der Waals surface area contributed by atoms with Crippen LogP contribution in [0.1, 0.15) is 21.5 Å². The molecule has 0 saturated carbocycles. The van der Waals surface area contributed by atoms with Crippen LogP contribution in [-0.2, 0) is 26.9 Å². The first-order valence-electron chi connectivity index (χ1n) is 10.1. The van der Waals surface area contributed by atoms with Crippen molar-refractivity contribution in [1.82, 2.24) is 5.32 Å². The summed E-state index contributed by atoms with van der Waals surface area (Å²) in [5.74, 6) is -0.768. The van der Waals surface area contributed by atoms with Gasteiger partial charge < -0.3 is 19.9 Å². The average molecular weight is 610 g/mol. The summed E-state index contributed by atoms with van der Waals surface area (Å²) in [4.78, 5) is 24.5. The van der Waals surface area contributed by atoms with Gasteiger partial charge >= 0.3 is 13.8 Å². The second kappa shape index (κ2) is 12.1. The zero-order valence-electron chi connectivity index (χ0n) is 18.1. The number of benzene rings is 3. The Morgan fingerprint density at radius 2 is 1.68 bits per heavy atom. The van der Waals surface area contributed by atoms with Crippen LogP contribution in [0.2, 0.25) is 0 Å². The van der Waals surface area contributed by atoms with Crippen LogP contribution < -0.4 is 10.1 Å². The van der Waals surface area contributed by atoms with E-state index >= 15 is 0 Å². The number of hydrogen-bond donors (Lipinski definition) is 2. The normalized spacial score (nSPS) is 11.0. The van der Waals surface area contributed by atoms with Gasteiger partial charge in [0.2, 0.25) is 0 Å². The molecule has 7 nitrogen and oxygen atoms in total. The smallest absolute Gasteiger partial charge is 0.340 e. The van der Waals surface area contributed by atoms with E-state index in [2.05, 4.69) is 37.2 Å². The Labute approximate surface area is 214 Å². The average Bonchev–Trinajstić information content (AvgIpc) is 2.79. The summed E-state index contributed by atoms with van der Waals surface area (Å²) in [5.41, 5.74) is 1.65. The highest BCUT2D eigenvalue weighted by molar-refractivity contribution is 9.11. The molecule has 0 radical (unpaired) electrons. The number of hydrogen-bond acceptors (Lipinski definition) is 6. The second-order valence-corrected chi connectivity index (χ2v) is 10.6. The molecule has 0 aliphatic heterocycles. The summed E-state index contributed by atoms with van der Waals surface area (Å²) in [6.07, 6.45) is 0.435. The SMILES string of the molecule is C[P+](=O)Cc1cc(Br)c(Oc2ccc(O)c(C(=O)NCC(=O)OCc3ccccc3)c2)c(Br)c1.